The van der Waals surface area contributed by atoms with Crippen molar-refractivity contribution in [3.63, 3.8) is 0 Å². The minimum Gasteiger partial charge on any atom is -0.494 e. The Labute approximate surface area is 220 Å². The average molecular weight is 514 g/mol. The van der Waals surface area contributed by atoms with Crippen LogP contribution < -0.4 is 9.47 Å². The Kier molecular flexibility index (Phi) is 7.55. The van der Waals surface area contributed by atoms with E-state index in [-0.39, 0.29) is 6.42 Å². The minimum absolute atomic E-state index is 0.0905. The van der Waals surface area contributed by atoms with Gasteiger partial charge in [0.25, 0.3) is 0 Å². The van der Waals surface area contributed by atoms with E-state index in [0.717, 1.165) is 63.6 Å². The zero-order valence-corrected chi connectivity index (χ0v) is 21.5. The summed E-state index contributed by atoms with van der Waals surface area (Å²) in [5.41, 5.74) is 5.45. The molecule has 2 aromatic heterocycles. The lowest BCUT2D eigenvalue weighted by molar-refractivity contribution is -0.137. The smallest absolute Gasteiger partial charge is 0.303 e. The topological polar surface area (TPSA) is 116 Å². The number of aromatic nitrogens is 4. The first-order valence-corrected chi connectivity index (χ1v) is 12.7. The molecule has 0 saturated carbocycles. The molecule has 2 heterocycles. The van der Waals surface area contributed by atoms with Gasteiger partial charge in [-0.15, -0.1) is 0 Å². The first kappa shape index (κ1) is 25.3. The van der Waals surface area contributed by atoms with Crippen molar-refractivity contribution in [2.45, 2.75) is 19.3 Å². The van der Waals surface area contributed by atoms with Gasteiger partial charge in [-0.3, -0.25) is 4.79 Å². The number of ether oxygens (including phenoxy) is 2. The first-order chi connectivity index (χ1) is 18.4. The summed E-state index contributed by atoms with van der Waals surface area (Å²) in [6.45, 7) is 2.02. The second-order valence-electron chi connectivity index (χ2n) is 9.46. The van der Waals surface area contributed by atoms with Crippen LogP contribution in [0.4, 0.5) is 0 Å². The van der Waals surface area contributed by atoms with Crippen LogP contribution in [-0.4, -0.2) is 69.8 Å². The fourth-order valence-electron chi connectivity index (χ4n) is 4.20. The van der Waals surface area contributed by atoms with Gasteiger partial charge in [0.05, 0.1) is 35.3 Å². The summed E-state index contributed by atoms with van der Waals surface area (Å²) in [5, 5.41) is 8.75. The molecule has 0 atom stereocenters. The highest BCUT2D eigenvalue weighted by Crippen LogP contribution is 2.28. The number of carboxylic acid groups (broad SMARTS) is 1. The summed E-state index contributed by atoms with van der Waals surface area (Å²) < 4.78 is 11.6. The predicted molar refractivity (Wildman–Crippen MR) is 148 cm³/mol. The van der Waals surface area contributed by atoms with Gasteiger partial charge < -0.3 is 29.4 Å². The van der Waals surface area contributed by atoms with Gasteiger partial charge in [0.2, 0.25) is 0 Å². The standard InChI is InChI=1S/C29H31N5O4/c1-34(2)14-4-16-38-22-11-13-24-26(18-22)33-29(31-24)20-8-6-19(7-9-20)28-30-23-12-10-21(17-25(23)32-28)37-15-3-5-27(35)36/h6-13,17-18H,3-5,14-16H2,1-2H3,(H,30,32)(H,31,33)(H,35,36). The van der Waals surface area contributed by atoms with Gasteiger partial charge in [-0.25, -0.2) is 9.97 Å². The predicted octanol–water partition coefficient (Wildman–Crippen LogP) is 5.35. The second kappa shape index (κ2) is 11.4. The summed E-state index contributed by atoms with van der Waals surface area (Å²) in [6.07, 6.45) is 1.53. The maximum Gasteiger partial charge on any atom is 0.303 e. The number of aromatic amines is 2. The molecule has 5 rings (SSSR count). The lowest BCUT2D eigenvalue weighted by atomic mass is 10.1. The van der Waals surface area contributed by atoms with E-state index in [1.54, 1.807) is 0 Å². The molecular formula is C29H31N5O4. The van der Waals surface area contributed by atoms with E-state index in [4.69, 9.17) is 24.5 Å². The van der Waals surface area contributed by atoms with Gasteiger partial charge in [-0.1, -0.05) is 24.3 Å². The Hall–Kier alpha value is -4.37. The Bertz CT molecular complexity index is 1540. The normalized spacial score (nSPS) is 11.4. The minimum atomic E-state index is -0.820. The fourth-order valence-corrected chi connectivity index (χ4v) is 4.20. The van der Waals surface area contributed by atoms with Gasteiger partial charge in [0.1, 0.15) is 23.1 Å². The Morgan fingerprint density at radius 2 is 1.29 bits per heavy atom. The fraction of sp³-hybridized carbons (Fsp3) is 0.276. The first-order valence-electron chi connectivity index (χ1n) is 12.7. The second-order valence-corrected chi connectivity index (χ2v) is 9.46. The number of imidazole rings is 2. The number of carboxylic acids is 1. The maximum absolute atomic E-state index is 10.7. The van der Waals surface area contributed by atoms with Gasteiger partial charge in [-0.2, -0.15) is 0 Å². The van der Waals surface area contributed by atoms with Gasteiger partial charge in [0.15, 0.2) is 0 Å². The number of hydrogen-bond acceptors (Lipinski definition) is 6. The molecule has 0 saturated heterocycles. The molecule has 0 radical (unpaired) electrons. The third kappa shape index (κ3) is 6.12. The number of hydrogen-bond donors (Lipinski definition) is 3. The molecule has 3 aromatic carbocycles. The van der Waals surface area contributed by atoms with Crippen molar-refractivity contribution >= 4 is 28.0 Å². The van der Waals surface area contributed by atoms with E-state index < -0.39 is 5.97 Å². The molecule has 5 aromatic rings. The molecule has 9 heteroatoms. The molecule has 9 nitrogen and oxygen atoms in total. The van der Waals surface area contributed by atoms with E-state index in [1.807, 2.05) is 60.7 Å². The van der Waals surface area contributed by atoms with Crippen LogP contribution in [0.5, 0.6) is 11.5 Å². The van der Waals surface area contributed by atoms with Crippen molar-refractivity contribution in [1.29, 1.82) is 0 Å². The zero-order chi connectivity index (χ0) is 26.5. The third-order valence-corrected chi connectivity index (χ3v) is 6.16. The molecule has 0 fully saturated rings. The number of carbonyl (C=O) groups is 1. The summed E-state index contributed by atoms with van der Waals surface area (Å²) in [7, 11) is 4.12. The average Bonchev–Trinajstić information content (AvgIpc) is 3.53. The molecule has 0 spiro atoms. The van der Waals surface area contributed by atoms with E-state index in [2.05, 4.69) is 29.0 Å². The number of nitrogens with zero attached hydrogens (tertiary/aromatic N) is 3. The molecule has 196 valence electrons. The number of nitrogens with one attached hydrogen (secondary N) is 2. The van der Waals surface area contributed by atoms with Crippen molar-refractivity contribution in [2.24, 2.45) is 0 Å². The number of rotatable bonds is 12. The summed E-state index contributed by atoms with van der Waals surface area (Å²) in [6, 6.07) is 19.6. The van der Waals surface area contributed by atoms with Crippen LogP contribution in [0.1, 0.15) is 19.3 Å². The Morgan fingerprint density at radius 3 is 1.76 bits per heavy atom. The lowest BCUT2D eigenvalue weighted by Crippen LogP contribution is -2.15. The van der Waals surface area contributed by atoms with Crippen LogP contribution in [-0.2, 0) is 4.79 Å². The van der Waals surface area contributed by atoms with E-state index in [9.17, 15) is 4.79 Å². The van der Waals surface area contributed by atoms with Gasteiger partial charge in [0, 0.05) is 36.2 Å². The van der Waals surface area contributed by atoms with Crippen LogP contribution in [0.3, 0.4) is 0 Å². The summed E-state index contributed by atoms with van der Waals surface area (Å²) >= 11 is 0. The molecular weight excluding hydrogens is 482 g/mol. The van der Waals surface area contributed by atoms with Gasteiger partial charge >= 0.3 is 5.97 Å². The number of benzene rings is 3. The van der Waals surface area contributed by atoms with E-state index in [1.165, 1.54) is 0 Å². The summed E-state index contributed by atoms with van der Waals surface area (Å²) in [5.74, 6) is 2.25. The lowest BCUT2D eigenvalue weighted by Gasteiger charge is -2.10. The van der Waals surface area contributed by atoms with Gasteiger partial charge in [-0.05, 0) is 51.2 Å². The molecule has 3 N–H and O–H groups in total. The van der Waals surface area contributed by atoms with Crippen LogP contribution in [0, 0.1) is 0 Å². The highest BCUT2D eigenvalue weighted by molar-refractivity contribution is 5.82. The molecule has 0 bridgehead atoms. The van der Waals surface area contributed by atoms with Crippen LogP contribution >= 0.6 is 0 Å². The third-order valence-electron chi connectivity index (χ3n) is 6.16. The molecule has 0 amide bonds. The van der Waals surface area contributed by atoms with Crippen molar-refractivity contribution in [2.75, 3.05) is 33.9 Å². The number of fused-ring (bicyclic) bond motifs is 2. The van der Waals surface area contributed by atoms with Crippen molar-refractivity contribution in [1.82, 2.24) is 24.8 Å². The van der Waals surface area contributed by atoms with Crippen LogP contribution in [0.2, 0.25) is 0 Å². The van der Waals surface area contributed by atoms with E-state index >= 15 is 0 Å². The number of H-pyrrole nitrogens is 2. The maximum atomic E-state index is 10.7. The highest BCUT2D eigenvalue weighted by Gasteiger charge is 2.10. The Morgan fingerprint density at radius 1 is 0.789 bits per heavy atom. The quantitative estimate of drug-likeness (QED) is 0.193. The molecule has 0 aliphatic rings. The molecule has 38 heavy (non-hydrogen) atoms. The SMILES string of the molecule is CN(C)CCCOc1ccc2nc(-c3ccc(-c4nc5ccc(OCCCC(=O)O)cc5[nH]4)cc3)[nH]c2c1. The molecule has 0 unspecified atom stereocenters. The number of aliphatic carboxylic acids is 1. The Balaban J connectivity index is 1.26. The summed E-state index contributed by atoms with van der Waals surface area (Å²) in [4.78, 5) is 29.0. The van der Waals surface area contributed by atoms with Crippen molar-refractivity contribution in [3.8, 4) is 34.3 Å². The van der Waals surface area contributed by atoms with Crippen LogP contribution in [0.25, 0.3) is 44.8 Å². The van der Waals surface area contributed by atoms with Crippen molar-refractivity contribution in [3.05, 3.63) is 60.7 Å². The molecule has 0 aliphatic heterocycles. The highest BCUT2D eigenvalue weighted by atomic mass is 16.5. The largest absolute Gasteiger partial charge is 0.494 e. The monoisotopic (exact) mass is 513 g/mol. The van der Waals surface area contributed by atoms with E-state index in [0.29, 0.717) is 25.4 Å². The zero-order valence-electron chi connectivity index (χ0n) is 21.5. The molecule has 0 aliphatic carbocycles. The van der Waals surface area contributed by atoms with Crippen LogP contribution in [0.15, 0.2) is 60.7 Å². The van der Waals surface area contributed by atoms with Crippen molar-refractivity contribution < 1.29 is 19.4 Å².